The second-order valence-electron chi connectivity index (χ2n) is 8.96. The maximum absolute atomic E-state index is 12.5. The van der Waals surface area contributed by atoms with E-state index in [1.165, 1.54) is 36.8 Å². The first-order chi connectivity index (χ1) is 13.6. The number of hydrogen-bond donors (Lipinski definition) is 1. The van der Waals surface area contributed by atoms with Crippen molar-refractivity contribution in [1.82, 2.24) is 4.90 Å². The van der Waals surface area contributed by atoms with Gasteiger partial charge in [-0.3, -0.25) is 4.79 Å². The number of piperidine rings is 1. The summed E-state index contributed by atoms with van der Waals surface area (Å²) in [5.41, 5.74) is 2.74. The van der Waals surface area contributed by atoms with Crippen LogP contribution in [0.2, 0.25) is 0 Å². The Hall–Kier alpha value is -1.35. The summed E-state index contributed by atoms with van der Waals surface area (Å²) >= 11 is 0. The predicted octanol–water partition coefficient (Wildman–Crippen LogP) is 5.70. The van der Waals surface area contributed by atoms with Crippen LogP contribution in [0.3, 0.4) is 0 Å². The third-order valence-corrected chi connectivity index (χ3v) is 7.39. The predicted molar refractivity (Wildman–Crippen MR) is 116 cm³/mol. The number of ketones is 1. The van der Waals surface area contributed by atoms with Gasteiger partial charge >= 0.3 is 0 Å². The van der Waals surface area contributed by atoms with Crippen molar-refractivity contribution in [2.45, 2.75) is 90.0 Å². The monoisotopic (exact) mass is 385 g/mol. The Balaban J connectivity index is 0.00000109. The van der Waals surface area contributed by atoms with E-state index in [1.807, 2.05) is 26.0 Å². The van der Waals surface area contributed by atoms with Crippen LogP contribution in [0.15, 0.2) is 18.2 Å². The number of aromatic hydroxyl groups is 1. The molecule has 3 nitrogen and oxygen atoms in total. The number of hydrogen-bond acceptors (Lipinski definition) is 3. The van der Waals surface area contributed by atoms with Crippen LogP contribution in [0.25, 0.3) is 0 Å². The van der Waals surface area contributed by atoms with Crippen molar-refractivity contribution >= 4 is 5.78 Å². The highest BCUT2D eigenvalue weighted by Crippen LogP contribution is 2.46. The number of benzene rings is 1. The number of phenols is 1. The molecular weight excluding hydrogens is 346 g/mol. The number of fused-ring (bicyclic) bond motifs is 4. The van der Waals surface area contributed by atoms with Gasteiger partial charge in [0.25, 0.3) is 0 Å². The van der Waals surface area contributed by atoms with Crippen LogP contribution in [0.5, 0.6) is 5.75 Å². The van der Waals surface area contributed by atoms with Crippen LogP contribution in [-0.2, 0) is 11.2 Å². The van der Waals surface area contributed by atoms with Crippen LogP contribution in [0, 0.1) is 11.8 Å². The summed E-state index contributed by atoms with van der Waals surface area (Å²) in [5.74, 6) is 2.73. The van der Waals surface area contributed by atoms with Crippen molar-refractivity contribution in [3.05, 3.63) is 29.3 Å². The van der Waals surface area contributed by atoms with Crippen molar-refractivity contribution in [1.29, 1.82) is 0 Å². The average molecular weight is 386 g/mol. The van der Waals surface area contributed by atoms with Gasteiger partial charge in [-0.05, 0) is 80.3 Å². The molecule has 0 aromatic heterocycles. The summed E-state index contributed by atoms with van der Waals surface area (Å²) in [5, 5.41) is 9.95. The normalized spacial score (nSPS) is 27.0. The maximum atomic E-state index is 12.5. The molecule has 1 saturated carbocycles. The maximum Gasteiger partial charge on any atom is 0.132 e. The van der Waals surface area contributed by atoms with Crippen LogP contribution in [0.1, 0.15) is 88.7 Å². The first-order valence-electron chi connectivity index (χ1n) is 11.7. The highest BCUT2D eigenvalue weighted by molar-refractivity contribution is 5.78. The Labute approximate surface area is 171 Å². The molecule has 1 N–H and O–H groups in total. The van der Waals surface area contributed by atoms with Crippen molar-refractivity contribution in [2.75, 3.05) is 13.6 Å². The number of nitrogens with zero attached hydrogens (tertiary/aromatic N) is 1. The SMILES string of the molecule is CC.CN1CCC2c3cc(O)ccc3CC1C2CCC(=O)CCC1CCCC1. The summed E-state index contributed by atoms with van der Waals surface area (Å²) < 4.78 is 0. The zero-order valence-electron chi connectivity index (χ0n) is 18.1. The quantitative estimate of drug-likeness (QED) is 0.683. The largest absolute Gasteiger partial charge is 0.508 e. The molecule has 4 rings (SSSR count). The van der Waals surface area contributed by atoms with Gasteiger partial charge in [0, 0.05) is 18.9 Å². The summed E-state index contributed by atoms with van der Waals surface area (Å²) in [6.07, 6.45) is 11.3. The lowest BCUT2D eigenvalue weighted by atomic mass is 9.66. The van der Waals surface area contributed by atoms with Gasteiger partial charge in [0.15, 0.2) is 0 Å². The highest BCUT2D eigenvalue weighted by atomic mass is 16.3. The molecule has 0 spiro atoms. The molecule has 1 heterocycles. The van der Waals surface area contributed by atoms with Gasteiger partial charge in [-0.2, -0.15) is 0 Å². The van der Waals surface area contributed by atoms with E-state index in [2.05, 4.69) is 18.0 Å². The summed E-state index contributed by atoms with van der Waals surface area (Å²) in [6.45, 7) is 5.12. The number of carbonyl (C=O) groups is 1. The standard InChI is InChI=1S/C23H33NO2.C2H6/c1-24-13-12-20-21(11-10-18(25)8-6-16-4-2-3-5-16)23(24)14-17-7-9-19(26)15-22(17)20;1-2/h7,9,15-16,20-21,23,26H,2-6,8,10-14H2,1H3;1-2H3. The minimum atomic E-state index is 0.382. The van der Waals surface area contributed by atoms with Gasteiger partial charge in [0.05, 0.1) is 0 Å². The average Bonchev–Trinajstić information content (AvgIpc) is 3.23. The molecule has 2 fully saturated rings. The number of carbonyl (C=O) groups excluding carboxylic acids is 1. The number of rotatable bonds is 6. The molecule has 1 aromatic rings. The third-order valence-electron chi connectivity index (χ3n) is 7.39. The Kier molecular flexibility index (Phi) is 7.56. The Morgan fingerprint density at radius 3 is 2.57 bits per heavy atom. The van der Waals surface area contributed by atoms with Gasteiger partial charge in [-0.1, -0.05) is 45.6 Å². The highest BCUT2D eigenvalue weighted by Gasteiger charge is 2.41. The molecule has 0 amide bonds. The van der Waals surface area contributed by atoms with E-state index in [1.54, 1.807) is 0 Å². The zero-order valence-corrected chi connectivity index (χ0v) is 18.1. The molecule has 1 aromatic carbocycles. The lowest BCUT2D eigenvalue weighted by Gasteiger charge is -2.48. The second-order valence-corrected chi connectivity index (χ2v) is 8.96. The molecule has 2 bridgehead atoms. The molecule has 1 saturated heterocycles. The second kappa shape index (κ2) is 9.91. The van der Waals surface area contributed by atoms with Crippen molar-refractivity contribution in [3.63, 3.8) is 0 Å². The summed E-state index contributed by atoms with van der Waals surface area (Å²) in [7, 11) is 2.24. The summed E-state index contributed by atoms with van der Waals surface area (Å²) in [4.78, 5) is 15.0. The van der Waals surface area contributed by atoms with Gasteiger partial charge in [-0.25, -0.2) is 0 Å². The fourth-order valence-corrected chi connectivity index (χ4v) is 5.86. The fourth-order valence-electron chi connectivity index (χ4n) is 5.86. The third kappa shape index (κ3) is 4.79. The van der Waals surface area contributed by atoms with Crippen molar-refractivity contribution < 1.29 is 9.90 Å². The van der Waals surface area contributed by atoms with Crippen LogP contribution >= 0.6 is 0 Å². The summed E-state index contributed by atoms with van der Waals surface area (Å²) in [6, 6.07) is 6.46. The van der Waals surface area contributed by atoms with E-state index in [-0.39, 0.29) is 0 Å². The molecule has 3 heteroatoms. The fraction of sp³-hybridized carbons (Fsp3) is 0.720. The number of Topliss-reactive ketones (excluding diaryl/α,β-unsaturated/α-hetero) is 1. The smallest absolute Gasteiger partial charge is 0.132 e. The number of likely N-dealkylation sites (tertiary alicyclic amines) is 1. The minimum absolute atomic E-state index is 0.382. The lowest BCUT2D eigenvalue weighted by molar-refractivity contribution is -0.119. The lowest BCUT2D eigenvalue weighted by Crippen LogP contribution is -2.50. The first-order valence-corrected chi connectivity index (χ1v) is 11.7. The number of phenolic OH excluding ortho intramolecular Hbond substituents is 1. The molecular formula is C25H39NO2. The van der Waals surface area contributed by atoms with Crippen molar-refractivity contribution in [3.8, 4) is 5.75 Å². The van der Waals surface area contributed by atoms with Crippen molar-refractivity contribution in [2.24, 2.45) is 11.8 Å². The van der Waals surface area contributed by atoms with Crippen LogP contribution in [-0.4, -0.2) is 35.4 Å². The topological polar surface area (TPSA) is 40.5 Å². The van der Waals surface area contributed by atoms with E-state index < -0.39 is 0 Å². The van der Waals surface area contributed by atoms with E-state index in [4.69, 9.17) is 0 Å². The van der Waals surface area contributed by atoms with Gasteiger partial charge in [0.1, 0.15) is 11.5 Å². The molecule has 0 radical (unpaired) electrons. The molecule has 3 atom stereocenters. The number of likely N-dealkylation sites (N-methyl/N-ethyl adjacent to an activating group) is 1. The van der Waals surface area contributed by atoms with Crippen LogP contribution in [0.4, 0.5) is 0 Å². The Morgan fingerprint density at radius 1 is 1.11 bits per heavy atom. The molecule has 3 aliphatic rings. The molecule has 2 aliphatic carbocycles. The van der Waals surface area contributed by atoms with E-state index in [0.29, 0.717) is 29.4 Å². The van der Waals surface area contributed by atoms with Gasteiger partial charge in [0.2, 0.25) is 0 Å². The van der Waals surface area contributed by atoms with Gasteiger partial charge in [-0.15, -0.1) is 0 Å². The molecule has 156 valence electrons. The van der Waals surface area contributed by atoms with Crippen LogP contribution < -0.4 is 0 Å². The molecule has 1 aliphatic heterocycles. The minimum Gasteiger partial charge on any atom is -0.508 e. The van der Waals surface area contributed by atoms with E-state index in [0.717, 1.165) is 51.0 Å². The van der Waals surface area contributed by atoms with E-state index >= 15 is 0 Å². The Bertz CT molecular complexity index is 650. The molecule has 28 heavy (non-hydrogen) atoms. The van der Waals surface area contributed by atoms with Gasteiger partial charge < -0.3 is 10.0 Å². The zero-order chi connectivity index (χ0) is 20.1. The molecule has 3 unspecified atom stereocenters. The first kappa shape index (κ1) is 21.4. The Morgan fingerprint density at radius 2 is 1.82 bits per heavy atom. The van der Waals surface area contributed by atoms with E-state index in [9.17, 15) is 9.90 Å².